The van der Waals surface area contributed by atoms with Gasteiger partial charge in [0.1, 0.15) is 23.0 Å². The molecule has 1 N–H and O–H groups in total. The van der Waals surface area contributed by atoms with Gasteiger partial charge in [0.2, 0.25) is 11.8 Å². The van der Waals surface area contributed by atoms with E-state index in [1.165, 1.54) is 12.1 Å². The van der Waals surface area contributed by atoms with Crippen LogP contribution in [0.5, 0.6) is 17.4 Å². The quantitative estimate of drug-likeness (QED) is 0.722. The van der Waals surface area contributed by atoms with Crippen molar-refractivity contribution in [2.45, 2.75) is 6.42 Å². The van der Waals surface area contributed by atoms with Crippen LogP contribution in [0.2, 0.25) is 0 Å². The van der Waals surface area contributed by atoms with Crippen LogP contribution in [0.25, 0.3) is 0 Å². The molecular formula is C20H17FN2O3. The first-order chi connectivity index (χ1) is 12.6. The van der Waals surface area contributed by atoms with Crippen molar-refractivity contribution in [1.82, 2.24) is 4.98 Å². The molecule has 0 aliphatic rings. The molecule has 0 atom stereocenters. The van der Waals surface area contributed by atoms with E-state index in [1.54, 1.807) is 61.8 Å². The zero-order chi connectivity index (χ0) is 18.4. The molecule has 1 aromatic heterocycles. The Hall–Kier alpha value is -3.41. The number of hydrogen-bond acceptors (Lipinski definition) is 4. The van der Waals surface area contributed by atoms with E-state index in [0.29, 0.717) is 22.7 Å². The fourth-order valence-electron chi connectivity index (χ4n) is 2.35. The van der Waals surface area contributed by atoms with Gasteiger partial charge in [-0.05, 0) is 54.1 Å². The number of aromatic nitrogens is 1. The van der Waals surface area contributed by atoms with E-state index in [2.05, 4.69) is 10.3 Å². The van der Waals surface area contributed by atoms with Gasteiger partial charge >= 0.3 is 0 Å². The summed E-state index contributed by atoms with van der Waals surface area (Å²) in [7, 11) is 1.58. The highest BCUT2D eigenvalue weighted by molar-refractivity contribution is 5.93. The largest absolute Gasteiger partial charge is 0.497 e. The number of nitrogens with one attached hydrogen (secondary N) is 1. The van der Waals surface area contributed by atoms with Crippen molar-refractivity contribution in [2.75, 3.05) is 12.4 Å². The van der Waals surface area contributed by atoms with Crippen LogP contribution in [0.3, 0.4) is 0 Å². The molecule has 0 aliphatic heterocycles. The molecule has 26 heavy (non-hydrogen) atoms. The van der Waals surface area contributed by atoms with Crippen LogP contribution >= 0.6 is 0 Å². The average Bonchev–Trinajstić information content (AvgIpc) is 2.64. The van der Waals surface area contributed by atoms with Gasteiger partial charge in [-0.15, -0.1) is 0 Å². The predicted octanol–water partition coefficient (Wildman–Crippen LogP) is 4.20. The van der Waals surface area contributed by atoms with E-state index >= 15 is 0 Å². The Morgan fingerprint density at radius 2 is 1.85 bits per heavy atom. The number of amides is 1. The molecule has 0 unspecified atom stereocenters. The molecule has 0 saturated heterocycles. The van der Waals surface area contributed by atoms with Crippen LogP contribution < -0.4 is 14.8 Å². The maximum absolute atomic E-state index is 13.2. The number of pyridine rings is 1. The molecule has 3 aromatic rings. The van der Waals surface area contributed by atoms with Crippen molar-refractivity contribution >= 4 is 11.6 Å². The zero-order valence-corrected chi connectivity index (χ0v) is 14.1. The van der Waals surface area contributed by atoms with Crippen molar-refractivity contribution in [2.24, 2.45) is 0 Å². The number of anilines is 1. The molecule has 1 amide bonds. The Morgan fingerprint density at radius 3 is 2.58 bits per heavy atom. The standard InChI is InChI=1S/C20H17FN2O3/c1-25-16-7-9-17(10-8-16)26-20-18(6-3-11-22-20)23-19(24)13-14-4-2-5-15(21)12-14/h2-12H,13H2,1H3,(H,23,24). The molecule has 0 saturated carbocycles. The zero-order valence-electron chi connectivity index (χ0n) is 14.1. The summed E-state index contributed by atoms with van der Waals surface area (Å²) in [6, 6.07) is 16.3. The summed E-state index contributed by atoms with van der Waals surface area (Å²) in [6.45, 7) is 0. The van der Waals surface area contributed by atoms with Gasteiger partial charge in [-0.3, -0.25) is 4.79 Å². The average molecular weight is 352 g/mol. The van der Waals surface area contributed by atoms with Gasteiger partial charge in [0, 0.05) is 6.20 Å². The summed E-state index contributed by atoms with van der Waals surface area (Å²) in [5.41, 5.74) is 1.02. The second kappa shape index (κ2) is 8.11. The lowest BCUT2D eigenvalue weighted by atomic mass is 10.1. The molecule has 6 heteroatoms. The van der Waals surface area contributed by atoms with Crippen LogP contribution in [-0.2, 0) is 11.2 Å². The molecule has 0 bridgehead atoms. The molecule has 3 rings (SSSR count). The molecule has 1 heterocycles. The summed E-state index contributed by atoms with van der Waals surface area (Å²) in [6.07, 6.45) is 1.62. The number of carbonyl (C=O) groups excluding carboxylic acids is 1. The molecule has 132 valence electrons. The Kier molecular flexibility index (Phi) is 5.43. The van der Waals surface area contributed by atoms with Crippen LogP contribution in [0.4, 0.5) is 10.1 Å². The van der Waals surface area contributed by atoms with Gasteiger partial charge in [-0.2, -0.15) is 0 Å². The Morgan fingerprint density at radius 1 is 1.08 bits per heavy atom. The Balaban J connectivity index is 1.71. The van der Waals surface area contributed by atoms with E-state index < -0.39 is 0 Å². The number of rotatable bonds is 6. The number of hydrogen-bond donors (Lipinski definition) is 1. The lowest BCUT2D eigenvalue weighted by molar-refractivity contribution is -0.115. The van der Waals surface area contributed by atoms with E-state index in [-0.39, 0.29) is 24.0 Å². The Bertz CT molecular complexity index is 898. The number of methoxy groups -OCH3 is 1. The van der Waals surface area contributed by atoms with Gasteiger partial charge < -0.3 is 14.8 Å². The minimum absolute atomic E-state index is 0.0502. The first kappa shape index (κ1) is 17.4. The van der Waals surface area contributed by atoms with Crippen LogP contribution in [-0.4, -0.2) is 18.0 Å². The number of halogens is 1. The number of ether oxygens (including phenoxy) is 2. The van der Waals surface area contributed by atoms with Gasteiger partial charge in [-0.25, -0.2) is 9.37 Å². The summed E-state index contributed by atoms with van der Waals surface area (Å²) in [5.74, 6) is 0.876. The van der Waals surface area contributed by atoms with Gasteiger partial charge in [-0.1, -0.05) is 12.1 Å². The topological polar surface area (TPSA) is 60.5 Å². The SMILES string of the molecule is COc1ccc(Oc2ncccc2NC(=O)Cc2cccc(F)c2)cc1. The van der Waals surface area contributed by atoms with Crippen molar-refractivity contribution in [1.29, 1.82) is 0 Å². The molecule has 0 spiro atoms. The predicted molar refractivity (Wildman–Crippen MR) is 96.0 cm³/mol. The fraction of sp³-hybridized carbons (Fsp3) is 0.100. The van der Waals surface area contributed by atoms with E-state index in [0.717, 1.165) is 0 Å². The molecule has 0 aliphatic carbocycles. The monoisotopic (exact) mass is 352 g/mol. The maximum atomic E-state index is 13.2. The van der Waals surface area contributed by atoms with Gasteiger partial charge in [0.25, 0.3) is 0 Å². The Labute approximate surface area is 150 Å². The van der Waals surface area contributed by atoms with E-state index in [4.69, 9.17) is 9.47 Å². The molecule has 0 radical (unpaired) electrons. The first-order valence-electron chi connectivity index (χ1n) is 7.95. The second-order valence-corrected chi connectivity index (χ2v) is 5.49. The highest BCUT2D eigenvalue weighted by atomic mass is 19.1. The number of benzene rings is 2. The van der Waals surface area contributed by atoms with Crippen molar-refractivity contribution < 1.29 is 18.7 Å². The summed E-state index contributed by atoms with van der Waals surface area (Å²) in [5, 5.41) is 2.75. The molecular weight excluding hydrogens is 335 g/mol. The summed E-state index contributed by atoms with van der Waals surface area (Å²) >= 11 is 0. The van der Waals surface area contributed by atoms with Gasteiger partial charge in [0.05, 0.1) is 13.5 Å². The number of nitrogens with zero attached hydrogens (tertiary/aromatic N) is 1. The second-order valence-electron chi connectivity index (χ2n) is 5.49. The van der Waals surface area contributed by atoms with Gasteiger partial charge in [0.15, 0.2) is 0 Å². The molecule has 0 fully saturated rings. The van der Waals surface area contributed by atoms with Crippen LogP contribution in [0.1, 0.15) is 5.56 Å². The molecule has 5 nitrogen and oxygen atoms in total. The van der Waals surface area contributed by atoms with Crippen molar-refractivity contribution in [3.63, 3.8) is 0 Å². The summed E-state index contributed by atoms with van der Waals surface area (Å²) in [4.78, 5) is 16.4. The third-order valence-electron chi connectivity index (χ3n) is 3.57. The maximum Gasteiger partial charge on any atom is 0.243 e. The smallest absolute Gasteiger partial charge is 0.243 e. The lowest BCUT2D eigenvalue weighted by Gasteiger charge is -2.11. The minimum atomic E-state index is -0.375. The lowest BCUT2D eigenvalue weighted by Crippen LogP contribution is -2.15. The molecule has 2 aromatic carbocycles. The third kappa shape index (κ3) is 4.57. The third-order valence-corrected chi connectivity index (χ3v) is 3.57. The first-order valence-corrected chi connectivity index (χ1v) is 7.95. The summed E-state index contributed by atoms with van der Waals surface area (Å²) < 4.78 is 24.1. The minimum Gasteiger partial charge on any atom is -0.497 e. The fourth-order valence-corrected chi connectivity index (χ4v) is 2.35. The highest BCUT2D eigenvalue weighted by Crippen LogP contribution is 2.28. The van der Waals surface area contributed by atoms with E-state index in [9.17, 15) is 9.18 Å². The normalized spacial score (nSPS) is 10.2. The highest BCUT2D eigenvalue weighted by Gasteiger charge is 2.11. The van der Waals surface area contributed by atoms with Crippen LogP contribution in [0.15, 0.2) is 66.9 Å². The van der Waals surface area contributed by atoms with Crippen molar-refractivity contribution in [3.8, 4) is 17.4 Å². The number of carbonyl (C=O) groups is 1. The van der Waals surface area contributed by atoms with Crippen LogP contribution in [0, 0.1) is 5.82 Å². The van der Waals surface area contributed by atoms with E-state index in [1.807, 2.05) is 0 Å². The van der Waals surface area contributed by atoms with Crippen molar-refractivity contribution in [3.05, 3.63) is 78.2 Å².